The maximum atomic E-state index is 4.88. The standard InChI is InChI=1S/C4H10O2Si.2ClH/c1-3-5-7-6-4-2;;/h3-4H2,1-2H3;2*1H/p-2. The van der Waals surface area contributed by atoms with Crippen molar-refractivity contribution in [1.82, 2.24) is 0 Å². The first-order chi connectivity index (χ1) is 3.41. The molecular formula is C4H10Cl2O2Si-2. The molecule has 0 atom stereocenters. The van der Waals surface area contributed by atoms with E-state index in [0.717, 1.165) is 13.2 Å². The van der Waals surface area contributed by atoms with Crippen LogP contribution in [0.3, 0.4) is 0 Å². The summed E-state index contributed by atoms with van der Waals surface area (Å²) in [6, 6.07) is 0. The van der Waals surface area contributed by atoms with Crippen molar-refractivity contribution in [2.75, 3.05) is 13.2 Å². The Morgan fingerprint density at radius 3 is 1.56 bits per heavy atom. The van der Waals surface area contributed by atoms with Crippen LogP contribution < -0.4 is 24.8 Å². The number of hydrogen-bond donors (Lipinski definition) is 0. The molecule has 0 aliphatic carbocycles. The summed E-state index contributed by atoms with van der Waals surface area (Å²) in [5, 5.41) is 0. The molecule has 0 aromatic heterocycles. The molecule has 0 amide bonds. The van der Waals surface area contributed by atoms with Crippen LogP contribution >= 0.6 is 0 Å². The second kappa shape index (κ2) is 15.9. The Bertz CT molecular complexity index is 35.7. The van der Waals surface area contributed by atoms with Crippen molar-refractivity contribution in [3.05, 3.63) is 0 Å². The Morgan fingerprint density at radius 2 is 1.33 bits per heavy atom. The zero-order valence-electron chi connectivity index (χ0n) is 5.49. The second-order valence-electron chi connectivity index (χ2n) is 0.949. The molecule has 0 bridgehead atoms. The molecule has 0 spiro atoms. The summed E-state index contributed by atoms with van der Waals surface area (Å²) in [6.07, 6.45) is 0. The summed E-state index contributed by atoms with van der Waals surface area (Å²) < 4.78 is 9.76. The fourth-order valence-corrected chi connectivity index (χ4v) is 0.479. The van der Waals surface area contributed by atoms with E-state index in [1.165, 1.54) is 0 Å². The van der Waals surface area contributed by atoms with E-state index in [1.54, 1.807) is 0 Å². The van der Waals surface area contributed by atoms with Crippen molar-refractivity contribution in [3.8, 4) is 0 Å². The third kappa shape index (κ3) is 17.7. The molecule has 0 rings (SSSR count). The van der Waals surface area contributed by atoms with Crippen LogP contribution in [0.15, 0.2) is 0 Å². The molecular weight excluding hydrogens is 179 g/mol. The summed E-state index contributed by atoms with van der Waals surface area (Å²) in [5.74, 6) is 0. The highest BCUT2D eigenvalue weighted by Gasteiger charge is 1.83. The van der Waals surface area contributed by atoms with Crippen molar-refractivity contribution in [2.24, 2.45) is 0 Å². The average molecular weight is 189 g/mol. The maximum absolute atomic E-state index is 4.88. The number of halogens is 2. The first-order valence-corrected chi connectivity index (χ1v) is 3.22. The summed E-state index contributed by atoms with van der Waals surface area (Å²) in [5.41, 5.74) is 0. The van der Waals surface area contributed by atoms with Gasteiger partial charge in [-0.2, -0.15) is 0 Å². The van der Waals surface area contributed by atoms with Crippen molar-refractivity contribution in [2.45, 2.75) is 13.8 Å². The van der Waals surface area contributed by atoms with E-state index in [9.17, 15) is 0 Å². The van der Waals surface area contributed by atoms with Crippen molar-refractivity contribution < 1.29 is 33.7 Å². The van der Waals surface area contributed by atoms with Gasteiger partial charge in [-0.3, -0.25) is 0 Å². The van der Waals surface area contributed by atoms with Crippen LogP contribution in [0.2, 0.25) is 0 Å². The monoisotopic (exact) mass is 188 g/mol. The summed E-state index contributed by atoms with van der Waals surface area (Å²) in [7, 11) is 0.232. The van der Waals surface area contributed by atoms with Gasteiger partial charge in [-0.15, -0.1) is 0 Å². The van der Waals surface area contributed by atoms with Gasteiger partial charge < -0.3 is 33.7 Å². The minimum absolute atomic E-state index is 0. The lowest BCUT2D eigenvalue weighted by molar-refractivity contribution is -0.00100. The van der Waals surface area contributed by atoms with Gasteiger partial charge in [0.15, 0.2) is 0 Å². The van der Waals surface area contributed by atoms with Gasteiger partial charge in [0.05, 0.1) is 0 Å². The fourth-order valence-electron chi connectivity index (χ4n) is 0.160. The lowest BCUT2D eigenvalue weighted by Gasteiger charge is -1.93. The molecule has 58 valence electrons. The molecule has 5 heteroatoms. The largest absolute Gasteiger partial charge is 1.00 e. The van der Waals surface area contributed by atoms with Crippen molar-refractivity contribution >= 4 is 10.0 Å². The number of rotatable bonds is 4. The smallest absolute Gasteiger partial charge is 0.433 e. The Hall–Kier alpha value is 0.717. The SMILES string of the molecule is CCO[Si]OCC.[Cl-].[Cl-]. The molecule has 0 saturated carbocycles. The van der Waals surface area contributed by atoms with Gasteiger partial charge in [0, 0.05) is 13.2 Å². The van der Waals surface area contributed by atoms with Gasteiger partial charge in [-0.25, -0.2) is 0 Å². The molecule has 0 unspecified atom stereocenters. The minimum Gasteiger partial charge on any atom is -1.00 e. The molecule has 2 radical (unpaired) electrons. The van der Waals surface area contributed by atoms with Gasteiger partial charge in [-0.1, -0.05) is 0 Å². The predicted octanol–water partition coefficient (Wildman–Crippen LogP) is -5.40. The second-order valence-corrected chi connectivity index (χ2v) is 1.69. The zero-order valence-corrected chi connectivity index (χ0v) is 8.00. The highest BCUT2D eigenvalue weighted by atomic mass is 35.5. The molecule has 0 N–H and O–H groups in total. The lowest BCUT2D eigenvalue weighted by Crippen LogP contribution is -3.00. The van der Waals surface area contributed by atoms with Crippen LogP contribution in [-0.2, 0) is 8.85 Å². The van der Waals surface area contributed by atoms with Crippen molar-refractivity contribution in [1.29, 1.82) is 0 Å². The van der Waals surface area contributed by atoms with Gasteiger partial charge in [0.2, 0.25) is 0 Å². The minimum atomic E-state index is 0. The normalized spacial score (nSPS) is 7.33. The third-order valence-electron chi connectivity index (χ3n) is 0.407. The van der Waals surface area contributed by atoms with E-state index in [4.69, 9.17) is 8.85 Å². The molecule has 0 aliphatic rings. The van der Waals surface area contributed by atoms with Crippen LogP contribution in [0.4, 0.5) is 0 Å². The molecule has 0 aromatic carbocycles. The van der Waals surface area contributed by atoms with Gasteiger partial charge >= 0.3 is 10.0 Å². The van der Waals surface area contributed by atoms with E-state index in [-0.39, 0.29) is 34.8 Å². The Morgan fingerprint density at radius 1 is 1.00 bits per heavy atom. The van der Waals surface area contributed by atoms with E-state index in [0.29, 0.717) is 0 Å². The van der Waals surface area contributed by atoms with Gasteiger partial charge in [0.1, 0.15) is 0 Å². The highest BCUT2D eigenvalue weighted by Crippen LogP contribution is 1.70. The van der Waals surface area contributed by atoms with Crippen LogP contribution in [0, 0.1) is 0 Å². The van der Waals surface area contributed by atoms with Crippen LogP contribution in [0.1, 0.15) is 13.8 Å². The third-order valence-corrected chi connectivity index (χ3v) is 1.22. The molecule has 0 heterocycles. The van der Waals surface area contributed by atoms with E-state index < -0.39 is 0 Å². The fraction of sp³-hybridized carbons (Fsp3) is 1.00. The molecule has 9 heavy (non-hydrogen) atoms. The predicted molar refractivity (Wildman–Crippen MR) is 29.0 cm³/mol. The molecule has 0 aliphatic heterocycles. The quantitative estimate of drug-likeness (QED) is 0.324. The summed E-state index contributed by atoms with van der Waals surface area (Å²) in [6.45, 7) is 5.40. The average Bonchev–Trinajstić information content (AvgIpc) is 1.69. The van der Waals surface area contributed by atoms with Crippen LogP contribution in [0.5, 0.6) is 0 Å². The van der Waals surface area contributed by atoms with Gasteiger partial charge in [0.25, 0.3) is 0 Å². The summed E-state index contributed by atoms with van der Waals surface area (Å²) in [4.78, 5) is 0. The Labute approximate surface area is 71.2 Å². The first-order valence-electron chi connectivity index (χ1n) is 2.40. The molecule has 0 saturated heterocycles. The molecule has 2 nitrogen and oxygen atoms in total. The molecule has 0 fully saturated rings. The Balaban J connectivity index is -0.000000180. The highest BCUT2D eigenvalue weighted by molar-refractivity contribution is 6.17. The number of hydrogen-bond acceptors (Lipinski definition) is 2. The van der Waals surface area contributed by atoms with Gasteiger partial charge in [-0.05, 0) is 13.8 Å². The van der Waals surface area contributed by atoms with Crippen LogP contribution in [0.25, 0.3) is 0 Å². The zero-order chi connectivity index (χ0) is 5.54. The lowest BCUT2D eigenvalue weighted by atomic mass is 10.9. The van der Waals surface area contributed by atoms with E-state index in [2.05, 4.69) is 0 Å². The maximum Gasteiger partial charge on any atom is 0.433 e. The van der Waals surface area contributed by atoms with E-state index in [1.807, 2.05) is 13.8 Å². The first kappa shape index (κ1) is 16.4. The summed E-state index contributed by atoms with van der Waals surface area (Å²) >= 11 is 0. The van der Waals surface area contributed by atoms with E-state index >= 15 is 0 Å². The van der Waals surface area contributed by atoms with Crippen LogP contribution in [-0.4, -0.2) is 23.2 Å². The Kier molecular flexibility index (Phi) is 28.9. The topological polar surface area (TPSA) is 18.5 Å². The molecule has 0 aromatic rings. The van der Waals surface area contributed by atoms with Crippen molar-refractivity contribution in [3.63, 3.8) is 0 Å².